The van der Waals surface area contributed by atoms with Crippen LogP contribution in [0, 0.1) is 5.41 Å². The number of fused-ring (bicyclic) bond motifs is 1. The zero-order chi connectivity index (χ0) is 62.4. The average Bonchev–Trinajstić information content (AvgIpc) is 2.38. The minimum absolute atomic E-state index is 0.0125. The molecule has 3 amide bonds. The monoisotopic (exact) mass is 1290 g/mol. The lowest BCUT2D eigenvalue weighted by molar-refractivity contribution is -0.347. The lowest BCUT2D eigenvalue weighted by Gasteiger charge is -2.48. The maximum atomic E-state index is 12.8. The molecule has 22 atom stereocenters. The highest BCUT2D eigenvalue weighted by Gasteiger charge is 2.52. The average molecular weight is 1290 g/mol. The van der Waals surface area contributed by atoms with Crippen LogP contribution >= 0.6 is 35.2 Å². The number of phosphoric ester groups is 3. The third-order valence-electron chi connectivity index (χ3n) is 13.6. The highest BCUT2D eigenvalue weighted by atomic mass is 32.2. The van der Waals surface area contributed by atoms with E-state index in [0.717, 1.165) is 42.8 Å². The molecule has 3 saturated heterocycles. The first-order chi connectivity index (χ1) is 39.2. The van der Waals surface area contributed by atoms with Gasteiger partial charge < -0.3 is 146 Å². The third-order valence-corrected chi connectivity index (χ3v) is 17.6. The first-order valence-corrected chi connectivity index (χ1v) is 30.9. The number of anilines is 1. The number of imidazole rings is 1. The maximum absolute atomic E-state index is 12.8. The van der Waals surface area contributed by atoms with Crippen molar-refractivity contribution in [3.8, 4) is 0 Å². The topological polar surface area (TPSA) is 644 Å². The molecule has 2 aromatic rings. The molecule has 0 bridgehead atoms. The standard InChI is InChI=1S/C41H72N11O28P3S/c1-41(2,12-73-83(70,71)80-82(68,69)72-10-19-33(79-81(65,66)67)30(62)38(74-19)52-14-51-23-35(45)49-13-50-36(23)52)34(63)37(64)47-4-3-20(54)46-5-6-84-11-21(55)48-8-17-25(57)27(59)28(60)40(75-17)78-32-16(43)7-15(42)31(29(32)61)77-39-26(58)22(44)24(56)18(9-53)76-39/h13-19,22,24-34,38-40,53,56-63H,3-12,42-44H2,1-2H3,(H,46,54)(H,47,64)(H,48,55)(H,68,69)(H,70,71)(H2,45,49,50)(H2,65,66,67)/p-4/t15-,16+,17-,18-,19-,22+,24-,25-,26-,27+,28-,29-,30-,31+,32-,33-,34+,38-,39-,40-/m1/s1. The molecule has 3 aliphatic heterocycles. The number of nitrogens with two attached hydrogens (primary N) is 4. The van der Waals surface area contributed by atoms with E-state index in [4.69, 9.17) is 46.6 Å². The van der Waals surface area contributed by atoms with Crippen LogP contribution < -0.4 is 58.5 Å². The van der Waals surface area contributed by atoms with Gasteiger partial charge in [0.2, 0.25) is 17.7 Å². The molecule has 1 saturated carbocycles. The van der Waals surface area contributed by atoms with E-state index in [2.05, 4.69) is 48.8 Å². The fourth-order valence-electron chi connectivity index (χ4n) is 8.98. The van der Waals surface area contributed by atoms with Crippen LogP contribution in [0.4, 0.5) is 5.82 Å². The summed E-state index contributed by atoms with van der Waals surface area (Å²) in [6.07, 6.45) is -27.1. The van der Waals surface area contributed by atoms with Crippen LogP contribution in [-0.2, 0) is 69.6 Å². The highest BCUT2D eigenvalue weighted by molar-refractivity contribution is 7.99. The van der Waals surface area contributed by atoms with Crippen molar-refractivity contribution in [1.29, 1.82) is 0 Å². The molecule has 0 aromatic carbocycles. The van der Waals surface area contributed by atoms with E-state index >= 15 is 0 Å². The van der Waals surface area contributed by atoms with Crippen molar-refractivity contribution >= 4 is 69.9 Å². The van der Waals surface area contributed by atoms with Gasteiger partial charge in [-0.25, -0.2) is 19.3 Å². The van der Waals surface area contributed by atoms with Crippen LogP contribution in [0.2, 0.25) is 0 Å². The fourth-order valence-corrected chi connectivity index (χ4v) is 12.4. The fraction of sp³-hybridized carbons (Fsp3) is 0.805. The Labute approximate surface area is 480 Å². The van der Waals surface area contributed by atoms with Crippen LogP contribution in [0.3, 0.4) is 0 Å². The van der Waals surface area contributed by atoms with E-state index < -0.39 is 195 Å². The summed E-state index contributed by atoms with van der Waals surface area (Å²) in [5, 5.41) is 103. The zero-order valence-corrected chi connectivity index (χ0v) is 47.9. The first-order valence-electron chi connectivity index (χ1n) is 25.4. The lowest BCUT2D eigenvalue weighted by atomic mass is 9.84. The second kappa shape index (κ2) is 29.4. The number of aliphatic hydroxyl groups is 9. The summed E-state index contributed by atoms with van der Waals surface area (Å²) < 4.78 is 83.6. The first kappa shape index (κ1) is 69.9. The number of phosphoric acid groups is 3. The molecule has 39 nitrogen and oxygen atoms in total. The molecular formula is C41H68N11O28P3S-4. The van der Waals surface area contributed by atoms with Gasteiger partial charge in [-0.3, -0.25) is 28.1 Å². The lowest BCUT2D eigenvalue weighted by Crippen LogP contribution is -2.68. The molecule has 480 valence electrons. The third kappa shape index (κ3) is 18.0. The van der Waals surface area contributed by atoms with Crippen LogP contribution in [0.5, 0.6) is 0 Å². The van der Waals surface area contributed by atoms with Crippen LogP contribution in [0.1, 0.15) is 32.9 Å². The van der Waals surface area contributed by atoms with Gasteiger partial charge in [0, 0.05) is 49.3 Å². The van der Waals surface area contributed by atoms with Gasteiger partial charge in [-0.15, -0.1) is 0 Å². The number of aromatic nitrogens is 4. The number of amides is 3. The number of thioether (sulfide) groups is 1. The van der Waals surface area contributed by atoms with Crippen molar-refractivity contribution in [2.45, 2.75) is 149 Å². The van der Waals surface area contributed by atoms with E-state index in [9.17, 15) is 93.6 Å². The Bertz CT molecular complexity index is 2690. The van der Waals surface area contributed by atoms with Crippen molar-refractivity contribution in [3.05, 3.63) is 12.7 Å². The van der Waals surface area contributed by atoms with Crippen LogP contribution in [0.15, 0.2) is 12.7 Å². The van der Waals surface area contributed by atoms with E-state index in [0.29, 0.717) is 0 Å². The van der Waals surface area contributed by atoms with Crippen molar-refractivity contribution in [2.75, 3.05) is 56.7 Å². The van der Waals surface area contributed by atoms with Crippen molar-refractivity contribution in [3.63, 3.8) is 0 Å². The van der Waals surface area contributed by atoms with Crippen molar-refractivity contribution in [2.24, 2.45) is 22.6 Å². The van der Waals surface area contributed by atoms with Crippen molar-refractivity contribution < 1.29 is 135 Å². The van der Waals surface area contributed by atoms with Gasteiger partial charge in [-0.05, 0) is 6.42 Å². The Morgan fingerprint density at radius 1 is 0.774 bits per heavy atom. The zero-order valence-electron chi connectivity index (χ0n) is 44.4. The largest absolute Gasteiger partial charge is 0.790 e. The molecule has 84 heavy (non-hydrogen) atoms. The summed E-state index contributed by atoms with van der Waals surface area (Å²) in [7, 11) is -17.8. The van der Waals surface area contributed by atoms with Crippen LogP contribution in [0.25, 0.3) is 11.2 Å². The Hall–Kier alpha value is -3.20. The highest BCUT2D eigenvalue weighted by Crippen LogP contribution is 2.56. The summed E-state index contributed by atoms with van der Waals surface area (Å²) in [5.74, 6) is -2.37. The second-order valence-corrected chi connectivity index (χ2v) is 25.6. The Kier molecular flexibility index (Phi) is 24.5. The predicted octanol–water partition coefficient (Wildman–Crippen LogP) is -11.5. The Morgan fingerprint density at radius 2 is 1.40 bits per heavy atom. The summed E-state index contributed by atoms with van der Waals surface area (Å²) in [6, 6.07) is -3.31. The smallest absolute Gasteiger partial charge is 0.274 e. The summed E-state index contributed by atoms with van der Waals surface area (Å²) in [6.45, 7) is -1.52. The van der Waals surface area contributed by atoms with E-state index in [1.807, 2.05) is 0 Å². The number of carbonyl (C=O) groups is 3. The molecular weight excluding hydrogens is 1220 g/mol. The minimum Gasteiger partial charge on any atom is -0.790 e. The van der Waals surface area contributed by atoms with E-state index in [-0.39, 0.29) is 54.4 Å². The van der Waals surface area contributed by atoms with Gasteiger partial charge in [0.1, 0.15) is 97.3 Å². The van der Waals surface area contributed by atoms with Gasteiger partial charge in [0.15, 0.2) is 30.3 Å². The summed E-state index contributed by atoms with van der Waals surface area (Å²) in [5.41, 5.74) is 22.2. The number of ether oxygens (including phenoxy) is 5. The number of nitrogens with one attached hydrogen (secondary N) is 3. The normalized spacial score (nSPS) is 35.0. The van der Waals surface area contributed by atoms with Gasteiger partial charge in [0.25, 0.3) is 15.6 Å². The molecule has 2 unspecified atom stereocenters. The SMILES string of the molecule is CC(C)(COP(=O)([O-])OP(=O)([O-])OC[C@H]1O[C@@H](n2cnc3c(N)ncnc32)[C@H](O)[C@@H]1OP(=O)([O-])[O-])[C@@H](O)C(=O)NCCC(=O)NCCSCC(=O)NC[C@H]1O[C@H](O[C@H]2[C@H](O)[C@@H](O[C@H]3O[C@H](CO)[C@@H](O)[C@H](N)[C@H]3O)[C@H](N)C[C@@H]2N)[C@H](O)[C@@H](O)[C@@H]1O. The molecule has 20 N–H and O–H groups in total. The molecule has 5 heterocycles. The molecule has 4 fully saturated rings. The minimum atomic E-state index is -5.99. The number of nitrogens with zero attached hydrogens (tertiary/aromatic N) is 4. The predicted molar refractivity (Wildman–Crippen MR) is 270 cm³/mol. The van der Waals surface area contributed by atoms with Crippen LogP contribution in [-0.4, -0.2) is 250 Å². The number of nitrogen functional groups attached to an aromatic ring is 1. The molecule has 0 radical (unpaired) electrons. The van der Waals surface area contributed by atoms with Gasteiger partial charge in [-0.2, -0.15) is 11.8 Å². The number of hydrogen-bond donors (Lipinski definition) is 16. The Balaban J connectivity index is 0.865. The number of aliphatic hydroxyl groups excluding tert-OH is 9. The Morgan fingerprint density at radius 3 is 2.05 bits per heavy atom. The summed E-state index contributed by atoms with van der Waals surface area (Å²) in [4.78, 5) is 97.8. The summed E-state index contributed by atoms with van der Waals surface area (Å²) >= 11 is 1.06. The molecule has 0 spiro atoms. The van der Waals surface area contributed by atoms with E-state index in [1.165, 1.54) is 0 Å². The molecule has 1 aliphatic carbocycles. The van der Waals surface area contributed by atoms with E-state index in [1.54, 1.807) is 0 Å². The van der Waals surface area contributed by atoms with Gasteiger partial charge >= 0.3 is 0 Å². The van der Waals surface area contributed by atoms with Gasteiger partial charge in [-0.1, -0.05) is 13.8 Å². The molecule has 6 rings (SSSR count). The maximum Gasteiger partial charge on any atom is 0.274 e. The molecule has 2 aromatic heterocycles. The molecule has 43 heteroatoms. The quantitative estimate of drug-likeness (QED) is 0.0278. The van der Waals surface area contributed by atoms with Crippen molar-refractivity contribution in [1.82, 2.24) is 35.5 Å². The second-order valence-electron chi connectivity index (χ2n) is 20.4. The number of rotatable bonds is 28. The number of hydrogen-bond acceptors (Lipinski definition) is 36. The number of carbonyl (C=O) groups excluding carboxylic acids is 3. The van der Waals surface area contributed by atoms with Gasteiger partial charge in [0.05, 0.1) is 45.8 Å². The molecule has 4 aliphatic rings.